The van der Waals surface area contributed by atoms with E-state index in [9.17, 15) is 19.5 Å². The number of carbonyl (C=O) groups excluding carboxylic acids is 2. The average Bonchev–Trinajstić information content (AvgIpc) is 3.15. The lowest BCUT2D eigenvalue weighted by Gasteiger charge is -2.45. The van der Waals surface area contributed by atoms with Crippen molar-refractivity contribution in [1.29, 1.82) is 0 Å². The number of rotatable bonds is 6. The largest absolute Gasteiger partial charge is 0.481 e. The third-order valence-electron chi connectivity index (χ3n) is 7.74. The van der Waals surface area contributed by atoms with Gasteiger partial charge in [-0.1, -0.05) is 55.0 Å². The van der Waals surface area contributed by atoms with Gasteiger partial charge in [-0.2, -0.15) is 0 Å². The molecule has 0 aromatic heterocycles. The van der Waals surface area contributed by atoms with Crippen molar-refractivity contribution in [3.05, 3.63) is 59.7 Å². The summed E-state index contributed by atoms with van der Waals surface area (Å²) in [4.78, 5) is 39.0. The van der Waals surface area contributed by atoms with E-state index in [0.29, 0.717) is 32.2 Å². The Bertz CT molecular complexity index is 1060. The van der Waals surface area contributed by atoms with Crippen LogP contribution in [0.3, 0.4) is 0 Å². The van der Waals surface area contributed by atoms with Crippen LogP contribution in [0.4, 0.5) is 4.79 Å². The summed E-state index contributed by atoms with van der Waals surface area (Å²) in [7, 11) is 0. The molecule has 0 spiro atoms. The summed E-state index contributed by atoms with van der Waals surface area (Å²) in [6, 6.07) is 16.4. The van der Waals surface area contributed by atoms with Gasteiger partial charge in [-0.15, -0.1) is 0 Å². The maximum atomic E-state index is 13.3. The van der Waals surface area contributed by atoms with Gasteiger partial charge in [-0.25, -0.2) is 4.79 Å². The van der Waals surface area contributed by atoms with Crippen molar-refractivity contribution >= 4 is 18.0 Å². The molecular weight excluding hydrogens is 432 g/mol. The Morgan fingerprint density at radius 3 is 2.24 bits per heavy atom. The number of ether oxygens (including phenoxy) is 1. The first-order valence-electron chi connectivity index (χ1n) is 12.1. The number of likely N-dealkylation sites (tertiary alicyclic amines) is 1. The highest BCUT2D eigenvalue weighted by Gasteiger charge is 2.47. The lowest BCUT2D eigenvalue weighted by atomic mass is 9.67. The normalized spacial score (nSPS) is 20.6. The summed E-state index contributed by atoms with van der Waals surface area (Å²) in [6.07, 6.45) is 3.09. The van der Waals surface area contributed by atoms with E-state index in [-0.39, 0.29) is 31.5 Å². The number of carboxylic acids is 1. The predicted octanol–water partition coefficient (Wildman–Crippen LogP) is 4.02. The van der Waals surface area contributed by atoms with Gasteiger partial charge < -0.3 is 20.1 Å². The second-order valence-corrected chi connectivity index (χ2v) is 9.74. The van der Waals surface area contributed by atoms with Gasteiger partial charge in [-0.3, -0.25) is 9.59 Å². The fourth-order valence-corrected chi connectivity index (χ4v) is 5.66. The second kappa shape index (κ2) is 9.12. The fourth-order valence-electron chi connectivity index (χ4n) is 5.66. The summed E-state index contributed by atoms with van der Waals surface area (Å²) >= 11 is 0. The van der Waals surface area contributed by atoms with E-state index in [4.69, 9.17) is 4.74 Å². The zero-order valence-corrected chi connectivity index (χ0v) is 19.2. The highest BCUT2D eigenvalue weighted by molar-refractivity contribution is 5.85. The Labute approximate surface area is 199 Å². The molecule has 0 unspecified atom stereocenters. The van der Waals surface area contributed by atoms with Crippen molar-refractivity contribution in [3.63, 3.8) is 0 Å². The van der Waals surface area contributed by atoms with Gasteiger partial charge in [0.25, 0.3) is 0 Å². The predicted molar refractivity (Wildman–Crippen MR) is 126 cm³/mol. The topological polar surface area (TPSA) is 95.9 Å². The number of alkyl carbamates (subject to hydrolysis) is 1. The minimum absolute atomic E-state index is 0.0150. The molecule has 0 bridgehead atoms. The number of amides is 2. The first-order chi connectivity index (χ1) is 16.5. The zero-order chi connectivity index (χ0) is 23.7. The number of carboxylic acid groups (broad SMARTS) is 1. The summed E-state index contributed by atoms with van der Waals surface area (Å²) in [5.74, 6) is -1.41. The quantitative estimate of drug-likeness (QED) is 0.676. The molecule has 1 saturated carbocycles. The Hall–Kier alpha value is -3.35. The average molecular weight is 463 g/mol. The van der Waals surface area contributed by atoms with Gasteiger partial charge in [0.15, 0.2) is 0 Å². The molecule has 1 saturated heterocycles. The summed E-state index contributed by atoms with van der Waals surface area (Å²) in [5, 5.41) is 12.2. The van der Waals surface area contributed by atoms with E-state index in [2.05, 4.69) is 29.6 Å². The molecule has 2 N–H and O–H groups in total. The lowest BCUT2D eigenvalue weighted by Crippen LogP contribution is -2.56. The number of aliphatic carboxylic acids is 1. The van der Waals surface area contributed by atoms with Crippen LogP contribution in [0, 0.1) is 11.3 Å². The number of hydrogen-bond donors (Lipinski definition) is 2. The Morgan fingerprint density at radius 1 is 1.00 bits per heavy atom. The van der Waals surface area contributed by atoms with Gasteiger partial charge in [0.2, 0.25) is 5.91 Å². The Morgan fingerprint density at radius 2 is 1.65 bits per heavy atom. The molecule has 2 amide bonds. The minimum Gasteiger partial charge on any atom is -0.481 e. The van der Waals surface area contributed by atoms with Crippen LogP contribution in [0.15, 0.2) is 48.5 Å². The van der Waals surface area contributed by atoms with Crippen molar-refractivity contribution in [2.24, 2.45) is 11.3 Å². The van der Waals surface area contributed by atoms with Crippen molar-refractivity contribution in [3.8, 4) is 11.1 Å². The van der Waals surface area contributed by atoms with E-state index >= 15 is 0 Å². The van der Waals surface area contributed by atoms with Gasteiger partial charge in [0.1, 0.15) is 6.61 Å². The molecule has 1 aliphatic heterocycles. The molecule has 34 heavy (non-hydrogen) atoms. The molecule has 178 valence electrons. The van der Waals surface area contributed by atoms with E-state index < -0.39 is 23.4 Å². The van der Waals surface area contributed by atoms with Crippen molar-refractivity contribution in [1.82, 2.24) is 10.2 Å². The van der Waals surface area contributed by atoms with E-state index in [1.807, 2.05) is 24.3 Å². The summed E-state index contributed by atoms with van der Waals surface area (Å²) < 4.78 is 5.62. The molecule has 0 radical (unpaired) electrons. The molecule has 1 atom stereocenters. The fraction of sp³-hybridized carbons (Fsp3) is 0.444. The maximum Gasteiger partial charge on any atom is 0.407 e. The number of benzene rings is 2. The first-order valence-corrected chi connectivity index (χ1v) is 12.1. The highest BCUT2D eigenvalue weighted by Crippen LogP contribution is 2.45. The molecule has 2 fully saturated rings. The van der Waals surface area contributed by atoms with E-state index in [1.54, 1.807) is 4.90 Å². The maximum absolute atomic E-state index is 13.3. The summed E-state index contributed by atoms with van der Waals surface area (Å²) in [6.45, 7) is 1.28. The molecule has 7 heteroatoms. The van der Waals surface area contributed by atoms with Crippen LogP contribution in [-0.2, 0) is 14.3 Å². The summed E-state index contributed by atoms with van der Waals surface area (Å²) in [5.41, 5.74) is 4.01. The standard InChI is InChI=1S/C27H30N2O5/c30-24(31)18-7-5-14-29(15-18)25(32)27(12-6-13-27)17-28-26(33)34-16-23-21-10-3-1-8-19(21)20-9-2-4-11-22(20)23/h1-4,8-11,18,23H,5-7,12-17H2,(H,28,33)(H,30,31)/t18-/m1/s1. The van der Waals surface area contributed by atoms with Crippen LogP contribution < -0.4 is 5.32 Å². The molecular formula is C27H30N2O5. The van der Waals surface area contributed by atoms with Crippen LogP contribution in [0.5, 0.6) is 0 Å². The van der Waals surface area contributed by atoms with Crippen LogP contribution in [0.1, 0.15) is 49.1 Å². The van der Waals surface area contributed by atoms with Gasteiger partial charge >= 0.3 is 12.1 Å². The molecule has 3 aliphatic rings. The zero-order valence-electron chi connectivity index (χ0n) is 19.2. The third kappa shape index (κ3) is 4.04. The smallest absolute Gasteiger partial charge is 0.407 e. The number of piperidine rings is 1. The van der Waals surface area contributed by atoms with Crippen LogP contribution >= 0.6 is 0 Å². The first kappa shape index (κ1) is 22.4. The van der Waals surface area contributed by atoms with Crippen molar-refractivity contribution in [2.45, 2.75) is 38.0 Å². The Balaban J connectivity index is 1.19. The van der Waals surface area contributed by atoms with Gasteiger partial charge in [0.05, 0.1) is 11.3 Å². The SMILES string of the molecule is O=C(NCC1(C(=O)N2CCC[C@@H](C(=O)O)C2)CCC1)OCC1c2ccccc2-c2ccccc21. The minimum atomic E-state index is -0.850. The molecule has 2 aliphatic carbocycles. The van der Waals surface area contributed by atoms with Crippen molar-refractivity contribution < 1.29 is 24.2 Å². The van der Waals surface area contributed by atoms with Gasteiger partial charge in [0, 0.05) is 25.6 Å². The monoisotopic (exact) mass is 462 g/mol. The van der Waals surface area contributed by atoms with Crippen molar-refractivity contribution in [2.75, 3.05) is 26.2 Å². The Kier molecular flexibility index (Phi) is 6.02. The molecule has 5 rings (SSSR count). The molecule has 2 aromatic rings. The van der Waals surface area contributed by atoms with Crippen LogP contribution in [0.2, 0.25) is 0 Å². The van der Waals surface area contributed by atoms with Crippen LogP contribution in [0.25, 0.3) is 11.1 Å². The number of nitrogens with zero attached hydrogens (tertiary/aromatic N) is 1. The van der Waals surface area contributed by atoms with Gasteiger partial charge in [-0.05, 0) is 47.9 Å². The number of hydrogen-bond acceptors (Lipinski definition) is 4. The molecule has 2 aromatic carbocycles. The van der Waals surface area contributed by atoms with Crippen LogP contribution in [-0.4, -0.2) is 54.2 Å². The highest BCUT2D eigenvalue weighted by atomic mass is 16.5. The number of nitrogens with one attached hydrogen (secondary N) is 1. The lowest BCUT2D eigenvalue weighted by molar-refractivity contribution is -0.152. The molecule has 7 nitrogen and oxygen atoms in total. The second-order valence-electron chi connectivity index (χ2n) is 9.74. The van der Waals surface area contributed by atoms with E-state index in [1.165, 1.54) is 11.1 Å². The van der Waals surface area contributed by atoms with E-state index in [0.717, 1.165) is 17.5 Å². The number of carbonyl (C=O) groups is 3. The molecule has 1 heterocycles. The number of fused-ring (bicyclic) bond motifs is 3. The third-order valence-corrected chi connectivity index (χ3v) is 7.74.